The van der Waals surface area contributed by atoms with E-state index in [-0.39, 0.29) is 6.10 Å². The van der Waals surface area contributed by atoms with Gasteiger partial charge >= 0.3 is 0 Å². The van der Waals surface area contributed by atoms with Crippen LogP contribution in [0.4, 0.5) is 10.3 Å². The Bertz CT molecular complexity index is 565. The molecule has 2 N–H and O–H groups in total. The zero-order valence-corrected chi connectivity index (χ0v) is 11.6. The molecule has 0 atom stereocenters. The average Bonchev–Trinajstić information content (AvgIpc) is 2.80. The Morgan fingerprint density at radius 3 is 2.84 bits per heavy atom. The Kier molecular flexibility index (Phi) is 3.25. The molecular formula is C13H16N4OS. The van der Waals surface area contributed by atoms with Crippen LogP contribution in [0.25, 0.3) is 0 Å². The second-order valence-electron chi connectivity index (χ2n) is 4.53. The summed E-state index contributed by atoms with van der Waals surface area (Å²) in [5.41, 5.74) is 6.83. The lowest BCUT2D eigenvalue weighted by molar-refractivity contribution is 0.166. The molecule has 3 rings (SSSR count). The van der Waals surface area contributed by atoms with E-state index in [1.165, 1.54) is 16.9 Å². The predicted octanol–water partition coefficient (Wildman–Crippen LogP) is 1.95. The molecule has 2 aromatic rings. The van der Waals surface area contributed by atoms with Crippen molar-refractivity contribution in [3.63, 3.8) is 0 Å². The zero-order valence-electron chi connectivity index (χ0n) is 10.7. The normalized spacial score (nSPS) is 15.3. The summed E-state index contributed by atoms with van der Waals surface area (Å²) in [7, 11) is 0. The lowest BCUT2D eigenvalue weighted by Crippen LogP contribution is -2.54. The monoisotopic (exact) mass is 276 g/mol. The Hall–Kier alpha value is -1.82. The highest BCUT2D eigenvalue weighted by Gasteiger charge is 2.31. The Labute approximate surface area is 116 Å². The molecule has 0 saturated carbocycles. The number of aromatic nitrogens is 2. The van der Waals surface area contributed by atoms with Gasteiger partial charge in [-0.2, -0.15) is 0 Å². The maximum absolute atomic E-state index is 6.01. The number of aryl methyl sites for hydroxylation is 1. The molecule has 6 heteroatoms. The SMILES string of the molecule is CCc1ccccc1OC1CN(c2nnc(N)s2)C1. The predicted molar refractivity (Wildman–Crippen MR) is 76.8 cm³/mol. The summed E-state index contributed by atoms with van der Waals surface area (Å²) in [6.45, 7) is 3.82. The van der Waals surface area contributed by atoms with Crippen molar-refractivity contribution in [2.45, 2.75) is 19.4 Å². The molecule has 0 radical (unpaired) electrons. The third-order valence-corrected chi connectivity index (χ3v) is 4.01. The van der Waals surface area contributed by atoms with E-state index in [1.54, 1.807) is 0 Å². The van der Waals surface area contributed by atoms with Crippen molar-refractivity contribution in [3.05, 3.63) is 29.8 Å². The van der Waals surface area contributed by atoms with Crippen LogP contribution < -0.4 is 15.4 Å². The maximum atomic E-state index is 6.01. The first-order chi connectivity index (χ1) is 9.26. The van der Waals surface area contributed by atoms with Gasteiger partial charge in [-0.15, -0.1) is 10.2 Å². The molecule has 0 unspecified atom stereocenters. The number of hydrogen-bond acceptors (Lipinski definition) is 6. The van der Waals surface area contributed by atoms with Crippen LogP contribution in [-0.2, 0) is 6.42 Å². The lowest BCUT2D eigenvalue weighted by atomic mass is 10.1. The standard InChI is InChI=1S/C13H16N4OS/c1-2-9-5-3-4-6-11(9)18-10-7-17(8-10)13-16-15-12(14)19-13/h3-6,10H,2,7-8H2,1H3,(H2,14,15). The summed E-state index contributed by atoms with van der Waals surface area (Å²) in [5, 5.41) is 9.23. The number of hydrogen-bond donors (Lipinski definition) is 1. The second-order valence-corrected chi connectivity index (χ2v) is 5.52. The minimum atomic E-state index is 0.220. The minimum absolute atomic E-state index is 0.220. The van der Waals surface area contributed by atoms with Gasteiger partial charge in [0.15, 0.2) is 0 Å². The number of nitrogen functional groups attached to an aromatic ring is 1. The molecule has 1 saturated heterocycles. The van der Waals surface area contributed by atoms with E-state index in [0.29, 0.717) is 5.13 Å². The van der Waals surface area contributed by atoms with E-state index in [0.717, 1.165) is 30.4 Å². The summed E-state index contributed by atoms with van der Waals surface area (Å²) in [4.78, 5) is 2.13. The van der Waals surface area contributed by atoms with Crippen molar-refractivity contribution in [1.82, 2.24) is 10.2 Å². The van der Waals surface area contributed by atoms with E-state index in [1.807, 2.05) is 18.2 Å². The van der Waals surface area contributed by atoms with Gasteiger partial charge in [-0.25, -0.2) is 0 Å². The Morgan fingerprint density at radius 1 is 1.37 bits per heavy atom. The van der Waals surface area contributed by atoms with Gasteiger partial charge in [0.1, 0.15) is 11.9 Å². The van der Waals surface area contributed by atoms with E-state index < -0.39 is 0 Å². The fourth-order valence-electron chi connectivity index (χ4n) is 2.11. The third kappa shape index (κ3) is 2.49. The van der Waals surface area contributed by atoms with Gasteiger partial charge < -0.3 is 15.4 Å². The summed E-state index contributed by atoms with van der Waals surface area (Å²) >= 11 is 1.41. The van der Waals surface area contributed by atoms with E-state index >= 15 is 0 Å². The topological polar surface area (TPSA) is 64.3 Å². The Morgan fingerprint density at radius 2 is 2.16 bits per heavy atom. The molecule has 0 amide bonds. The molecule has 0 spiro atoms. The molecule has 1 fully saturated rings. The van der Waals surface area contributed by atoms with Gasteiger partial charge in [0.25, 0.3) is 0 Å². The number of nitrogens with zero attached hydrogens (tertiary/aromatic N) is 3. The molecule has 1 aromatic carbocycles. The van der Waals surface area contributed by atoms with Crippen LogP contribution in [0.3, 0.4) is 0 Å². The van der Waals surface area contributed by atoms with Crippen molar-refractivity contribution >= 4 is 21.6 Å². The highest BCUT2D eigenvalue weighted by atomic mass is 32.1. The van der Waals surface area contributed by atoms with Crippen molar-refractivity contribution in [3.8, 4) is 5.75 Å². The van der Waals surface area contributed by atoms with Gasteiger partial charge in [-0.05, 0) is 18.1 Å². The fraction of sp³-hybridized carbons (Fsp3) is 0.385. The number of ether oxygens (including phenoxy) is 1. The molecule has 2 heterocycles. The Balaban J connectivity index is 1.59. The van der Waals surface area contributed by atoms with Crippen molar-refractivity contribution in [2.24, 2.45) is 0 Å². The van der Waals surface area contributed by atoms with Crippen LogP contribution in [0.1, 0.15) is 12.5 Å². The maximum Gasteiger partial charge on any atom is 0.210 e. The number of para-hydroxylation sites is 1. The molecule has 1 aromatic heterocycles. The van der Waals surface area contributed by atoms with Crippen LogP contribution in [0.5, 0.6) is 5.75 Å². The minimum Gasteiger partial charge on any atom is -0.486 e. The van der Waals surface area contributed by atoms with Crippen LogP contribution in [0.2, 0.25) is 0 Å². The van der Waals surface area contributed by atoms with E-state index in [2.05, 4.69) is 28.1 Å². The summed E-state index contributed by atoms with van der Waals surface area (Å²) < 4.78 is 6.01. The molecule has 100 valence electrons. The molecule has 1 aliphatic heterocycles. The van der Waals surface area contributed by atoms with Gasteiger partial charge in [0.05, 0.1) is 13.1 Å². The molecule has 0 bridgehead atoms. The zero-order chi connectivity index (χ0) is 13.2. The number of nitrogens with two attached hydrogens (primary N) is 1. The molecule has 0 aliphatic carbocycles. The third-order valence-electron chi connectivity index (χ3n) is 3.20. The van der Waals surface area contributed by atoms with Crippen LogP contribution in [-0.4, -0.2) is 29.4 Å². The second kappa shape index (κ2) is 5.05. The number of rotatable bonds is 4. The summed E-state index contributed by atoms with van der Waals surface area (Å²) in [6.07, 6.45) is 1.21. The molecular weight excluding hydrogens is 260 g/mol. The first-order valence-electron chi connectivity index (χ1n) is 6.34. The van der Waals surface area contributed by atoms with Gasteiger partial charge in [0, 0.05) is 0 Å². The van der Waals surface area contributed by atoms with Gasteiger partial charge in [-0.1, -0.05) is 36.5 Å². The number of anilines is 2. The van der Waals surface area contributed by atoms with Gasteiger partial charge in [-0.3, -0.25) is 0 Å². The highest BCUT2D eigenvalue weighted by molar-refractivity contribution is 7.18. The van der Waals surface area contributed by atoms with E-state index in [9.17, 15) is 0 Å². The molecule has 5 nitrogen and oxygen atoms in total. The largest absolute Gasteiger partial charge is 0.486 e. The first kappa shape index (κ1) is 12.2. The fourth-order valence-corrected chi connectivity index (χ4v) is 2.74. The highest BCUT2D eigenvalue weighted by Crippen LogP contribution is 2.28. The van der Waals surface area contributed by atoms with Crippen LogP contribution >= 0.6 is 11.3 Å². The lowest BCUT2D eigenvalue weighted by Gasteiger charge is -2.38. The number of benzene rings is 1. The van der Waals surface area contributed by atoms with Crippen molar-refractivity contribution < 1.29 is 4.74 Å². The van der Waals surface area contributed by atoms with Crippen LogP contribution in [0, 0.1) is 0 Å². The first-order valence-corrected chi connectivity index (χ1v) is 7.16. The van der Waals surface area contributed by atoms with Crippen molar-refractivity contribution in [2.75, 3.05) is 23.7 Å². The quantitative estimate of drug-likeness (QED) is 0.924. The smallest absolute Gasteiger partial charge is 0.210 e. The van der Waals surface area contributed by atoms with Crippen LogP contribution in [0.15, 0.2) is 24.3 Å². The van der Waals surface area contributed by atoms with Gasteiger partial charge in [0.2, 0.25) is 10.3 Å². The van der Waals surface area contributed by atoms with E-state index in [4.69, 9.17) is 10.5 Å². The summed E-state index contributed by atoms with van der Waals surface area (Å²) in [6, 6.07) is 8.20. The molecule has 1 aliphatic rings. The average molecular weight is 276 g/mol. The van der Waals surface area contributed by atoms with Crippen molar-refractivity contribution in [1.29, 1.82) is 0 Å². The molecule has 19 heavy (non-hydrogen) atoms. The summed E-state index contributed by atoms with van der Waals surface area (Å²) in [5.74, 6) is 0.992.